The largest absolute Gasteiger partial charge is 0.454 e. The van der Waals surface area contributed by atoms with Crippen LogP contribution in [0.15, 0.2) is 12.7 Å². The zero-order valence-electron chi connectivity index (χ0n) is 12.6. The number of aliphatic hydroxyl groups is 1. The maximum absolute atomic E-state index is 11.3. The molecular weight excluding hydrogens is 280 g/mol. The van der Waals surface area contributed by atoms with Gasteiger partial charge in [-0.25, -0.2) is 9.68 Å². The van der Waals surface area contributed by atoms with Crippen LogP contribution in [0.25, 0.3) is 0 Å². The Bertz CT molecular complexity index is 303. The highest BCUT2D eigenvalue weighted by Crippen LogP contribution is 2.24. The molecule has 0 saturated heterocycles. The first-order valence-electron chi connectivity index (χ1n) is 6.49. The number of hydrogen-bond acceptors (Lipinski definition) is 5. The lowest BCUT2D eigenvalue weighted by Gasteiger charge is -2.36. The summed E-state index contributed by atoms with van der Waals surface area (Å²) in [5.41, 5.74) is 0. The second kappa shape index (κ2) is 7.96. The first-order valence-corrected chi connectivity index (χ1v) is 10.9. The molecule has 5 nitrogen and oxygen atoms in total. The minimum Gasteiger partial charge on any atom is -0.454 e. The van der Waals surface area contributed by atoms with Gasteiger partial charge in [-0.2, -0.15) is 0 Å². The molecular formula is C12H26O5Si2. The molecule has 7 heteroatoms. The average Bonchev–Trinajstić information content (AvgIpc) is 2.32. The van der Waals surface area contributed by atoms with Crippen LogP contribution in [0.3, 0.4) is 0 Å². The summed E-state index contributed by atoms with van der Waals surface area (Å²) in [6.07, 6.45) is 1.87. The van der Waals surface area contributed by atoms with E-state index in [0.29, 0.717) is 16.7 Å². The molecule has 0 amide bonds. The van der Waals surface area contributed by atoms with Crippen molar-refractivity contribution in [1.29, 1.82) is 0 Å². The van der Waals surface area contributed by atoms with Crippen LogP contribution in [-0.2, 0) is 19.0 Å². The van der Waals surface area contributed by atoms with Gasteiger partial charge < -0.3 is 9.84 Å². The van der Waals surface area contributed by atoms with Gasteiger partial charge in [-0.1, -0.05) is 19.9 Å². The highest BCUT2D eigenvalue weighted by Gasteiger charge is 2.39. The van der Waals surface area contributed by atoms with E-state index in [-0.39, 0.29) is 6.61 Å². The average molecular weight is 307 g/mol. The van der Waals surface area contributed by atoms with Gasteiger partial charge in [-0.05, 0) is 26.1 Å². The van der Waals surface area contributed by atoms with Crippen molar-refractivity contribution in [1.82, 2.24) is 0 Å². The Labute approximate surface area is 119 Å². The highest BCUT2D eigenvalue weighted by molar-refractivity contribution is 6.69. The molecule has 0 aromatic heterocycles. The summed E-state index contributed by atoms with van der Waals surface area (Å²) in [4.78, 5) is 16.9. The Balaban J connectivity index is 4.89. The van der Waals surface area contributed by atoms with Gasteiger partial charge in [0.2, 0.25) is 8.32 Å². The third kappa shape index (κ3) is 7.02. The van der Waals surface area contributed by atoms with Gasteiger partial charge in [0, 0.05) is 6.08 Å². The van der Waals surface area contributed by atoms with Crippen molar-refractivity contribution in [3.8, 4) is 0 Å². The molecule has 0 saturated carbocycles. The summed E-state index contributed by atoms with van der Waals surface area (Å²) >= 11 is 0. The Morgan fingerprint density at radius 1 is 1.53 bits per heavy atom. The van der Waals surface area contributed by atoms with Crippen LogP contribution < -0.4 is 0 Å². The Morgan fingerprint density at radius 3 is 2.47 bits per heavy atom. The highest BCUT2D eigenvalue weighted by atomic mass is 28.4. The molecule has 0 heterocycles. The third-order valence-corrected chi connectivity index (χ3v) is 4.39. The van der Waals surface area contributed by atoms with Crippen LogP contribution >= 0.6 is 0 Å². The van der Waals surface area contributed by atoms with Crippen molar-refractivity contribution in [2.45, 2.75) is 50.7 Å². The monoisotopic (exact) mass is 306 g/mol. The standard InChI is InChI=1S/C12H26O5Si2/c1-6-8-12(18,16-17-19(3,4)5)10(9-13)15-11(14)7-2/h7,10,13H,2,6,8-9H2,1,3-5,18H3. The molecule has 0 aliphatic rings. The van der Waals surface area contributed by atoms with Crippen LogP contribution in [0.4, 0.5) is 0 Å². The minimum absolute atomic E-state index is 0.294. The van der Waals surface area contributed by atoms with Gasteiger partial charge >= 0.3 is 5.97 Å². The minimum atomic E-state index is -1.85. The quantitative estimate of drug-likeness (QED) is 0.224. The summed E-state index contributed by atoms with van der Waals surface area (Å²) in [6.45, 7) is 11.1. The molecule has 1 N–H and O–H groups in total. The molecule has 112 valence electrons. The number of carbonyl (C=O) groups excluding carboxylic acids is 1. The number of hydrogen-bond donors (Lipinski definition) is 1. The molecule has 0 aliphatic carbocycles. The number of aliphatic hydroxyl groups excluding tert-OH is 1. The van der Waals surface area contributed by atoms with Crippen LogP contribution in [0.2, 0.25) is 19.6 Å². The van der Waals surface area contributed by atoms with Crippen molar-refractivity contribution < 1.29 is 24.1 Å². The summed E-state index contributed by atoms with van der Waals surface area (Å²) in [6, 6.07) is 0. The summed E-state index contributed by atoms with van der Waals surface area (Å²) < 4.78 is 10.7. The van der Waals surface area contributed by atoms with Crippen molar-refractivity contribution in [2.75, 3.05) is 6.61 Å². The Morgan fingerprint density at radius 2 is 2.11 bits per heavy atom. The second-order valence-corrected chi connectivity index (χ2v) is 11.7. The van der Waals surface area contributed by atoms with E-state index in [9.17, 15) is 9.90 Å². The van der Waals surface area contributed by atoms with Crippen LogP contribution in [0.5, 0.6) is 0 Å². The normalized spacial score (nSPS) is 16.7. The van der Waals surface area contributed by atoms with Crippen LogP contribution in [0.1, 0.15) is 19.8 Å². The van der Waals surface area contributed by atoms with Gasteiger partial charge in [0.05, 0.1) is 16.8 Å². The fourth-order valence-corrected chi connectivity index (χ4v) is 3.01. The first-order chi connectivity index (χ1) is 8.68. The van der Waals surface area contributed by atoms with E-state index in [1.54, 1.807) is 0 Å². The molecule has 0 aromatic carbocycles. The zero-order valence-corrected chi connectivity index (χ0v) is 15.6. The van der Waals surface area contributed by atoms with E-state index >= 15 is 0 Å². The maximum atomic E-state index is 11.3. The van der Waals surface area contributed by atoms with Crippen LogP contribution in [-0.4, -0.2) is 47.6 Å². The maximum Gasteiger partial charge on any atom is 0.330 e. The van der Waals surface area contributed by atoms with E-state index in [4.69, 9.17) is 14.2 Å². The third-order valence-electron chi connectivity index (χ3n) is 2.50. The molecule has 0 fully saturated rings. The molecule has 2 atom stereocenters. The molecule has 0 rings (SSSR count). The van der Waals surface area contributed by atoms with Crippen molar-refractivity contribution in [2.24, 2.45) is 0 Å². The lowest BCUT2D eigenvalue weighted by molar-refractivity contribution is -0.299. The predicted molar refractivity (Wildman–Crippen MR) is 80.3 cm³/mol. The van der Waals surface area contributed by atoms with Crippen molar-refractivity contribution in [3.05, 3.63) is 12.7 Å². The predicted octanol–water partition coefficient (Wildman–Crippen LogP) is 0.721. The van der Waals surface area contributed by atoms with Crippen molar-refractivity contribution >= 4 is 24.5 Å². The summed E-state index contributed by atoms with van der Waals surface area (Å²) in [5, 5.41) is 8.71. The topological polar surface area (TPSA) is 65.0 Å². The first kappa shape index (κ1) is 18.5. The van der Waals surface area contributed by atoms with Gasteiger partial charge in [-0.15, -0.1) is 0 Å². The fourth-order valence-electron chi connectivity index (χ4n) is 1.52. The van der Waals surface area contributed by atoms with Gasteiger partial charge in [0.25, 0.3) is 0 Å². The van der Waals surface area contributed by atoms with Crippen LogP contribution in [0, 0.1) is 0 Å². The number of ether oxygens (including phenoxy) is 1. The number of esters is 1. The molecule has 0 radical (unpaired) electrons. The Kier molecular flexibility index (Phi) is 7.76. The Hall–Kier alpha value is -0.476. The van der Waals surface area contributed by atoms with E-state index in [1.165, 1.54) is 0 Å². The fraction of sp³-hybridized carbons (Fsp3) is 0.750. The smallest absolute Gasteiger partial charge is 0.330 e. The van der Waals surface area contributed by atoms with Gasteiger partial charge in [-0.3, -0.25) is 4.58 Å². The number of carbonyl (C=O) groups is 1. The summed E-state index contributed by atoms with van der Waals surface area (Å²) in [5.74, 6) is -0.563. The van der Waals surface area contributed by atoms with E-state index in [0.717, 1.165) is 12.5 Å². The molecule has 2 unspecified atom stereocenters. The zero-order chi connectivity index (χ0) is 15.1. The molecule has 0 aromatic rings. The molecule has 0 spiro atoms. The van der Waals surface area contributed by atoms with E-state index in [1.807, 2.05) is 26.6 Å². The van der Waals surface area contributed by atoms with E-state index in [2.05, 4.69) is 6.58 Å². The SMILES string of the molecule is C=CC(=O)OC(CO)C([SiH3])(CCC)OO[Si](C)(C)C. The van der Waals surface area contributed by atoms with E-state index < -0.39 is 25.6 Å². The van der Waals surface area contributed by atoms with Crippen molar-refractivity contribution in [3.63, 3.8) is 0 Å². The number of rotatable bonds is 9. The molecule has 0 bridgehead atoms. The molecule has 0 aliphatic heterocycles. The lowest BCUT2D eigenvalue weighted by Crippen LogP contribution is -2.51. The molecule has 19 heavy (non-hydrogen) atoms. The summed E-state index contributed by atoms with van der Waals surface area (Å²) in [7, 11) is -1.27. The lowest BCUT2D eigenvalue weighted by atomic mass is 10.1. The van der Waals surface area contributed by atoms with Gasteiger partial charge in [0.15, 0.2) is 6.10 Å². The second-order valence-electron chi connectivity index (χ2n) is 5.65. The van der Waals surface area contributed by atoms with Gasteiger partial charge in [0.1, 0.15) is 5.22 Å².